The first kappa shape index (κ1) is 12.3. The molecule has 0 aromatic rings. The number of methoxy groups -OCH3 is 1. The zero-order chi connectivity index (χ0) is 11.5. The molecule has 2 atom stereocenters. The summed E-state index contributed by atoms with van der Waals surface area (Å²) in [5, 5.41) is 0. The number of hydrogen-bond donors (Lipinski definition) is 1. The number of nitrogens with two attached hydrogens (primary N) is 1. The Kier molecular flexibility index (Phi) is 4.22. The molecular weight excluding hydrogens is 200 g/mol. The van der Waals surface area contributed by atoms with Gasteiger partial charge in [0.15, 0.2) is 0 Å². The van der Waals surface area contributed by atoms with Crippen molar-refractivity contribution in [3.63, 3.8) is 0 Å². The van der Waals surface area contributed by atoms with Crippen molar-refractivity contribution in [3.8, 4) is 0 Å². The molecular formula is C13H26N2O. The summed E-state index contributed by atoms with van der Waals surface area (Å²) in [7, 11) is 1.85. The average Bonchev–Trinajstić information content (AvgIpc) is 2.31. The van der Waals surface area contributed by atoms with E-state index in [0.29, 0.717) is 18.1 Å². The monoisotopic (exact) mass is 226 g/mol. The SMILES string of the molecule is COC1CN(C2CCC(N)CC2)CCC1C. The van der Waals surface area contributed by atoms with E-state index in [9.17, 15) is 0 Å². The van der Waals surface area contributed by atoms with Gasteiger partial charge in [0, 0.05) is 25.7 Å². The van der Waals surface area contributed by atoms with E-state index >= 15 is 0 Å². The molecule has 1 aliphatic heterocycles. The van der Waals surface area contributed by atoms with E-state index in [1.54, 1.807) is 0 Å². The molecule has 1 saturated carbocycles. The Labute approximate surface area is 99.3 Å². The maximum atomic E-state index is 5.96. The Hall–Kier alpha value is -0.120. The van der Waals surface area contributed by atoms with Gasteiger partial charge in [0.25, 0.3) is 0 Å². The molecule has 2 unspecified atom stereocenters. The Morgan fingerprint density at radius 1 is 1.12 bits per heavy atom. The molecule has 0 aromatic heterocycles. The number of rotatable bonds is 2. The molecule has 0 amide bonds. The summed E-state index contributed by atoms with van der Waals surface area (Å²) in [4.78, 5) is 2.64. The van der Waals surface area contributed by atoms with Crippen LogP contribution >= 0.6 is 0 Å². The van der Waals surface area contributed by atoms with E-state index in [-0.39, 0.29) is 0 Å². The lowest BCUT2D eigenvalue weighted by Gasteiger charge is -2.42. The second kappa shape index (κ2) is 5.48. The first-order valence-corrected chi connectivity index (χ1v) is 6.73. The topological polar surface area (TPSA) is 38.5 Å². The molecule has 2 fully saturated rings. The average molecular weight is 226 g/mol. The molecule has 0 aromatic carbocycles. The van der Waals surface area contributed by atoms with Crippen molar-refractivity contribution in [2.75, 3.05) is 20.2 Å². The molecule has 0 radical (unpaired) electrons. The van der Waals surface area contributed by atoms with Crippen LogP contribution in [0.1, 0.15) is 39.0 Å². The summed E-state index contributed by atoms with van der Waals surface area (Å²) in [5.41, 5.74) is 5.96. The third-order valence-corrected chi connectivity index (χ3v) is 4.48. The van der Waals surface area contributed by atoms with Crippen molar-refractivity contribution in [3.05, 3.63) is 0 Å². The van der Waals surface area contributed by atoms with Gasteiger partial charge in [0.05, 0.1) is 6.10 Å². The van der Waals surface area contributed by atoms with Crippen LogP contribution in [0.25, 0.3) is 0 Å². The zero-order valence-electron chi connectivity index (χ0n) is 10.7. The third kappa shape index (κ3) is 2.76. The summed E-state index contributed by atoms with van der Waals surface area (Å²) >= 11 is 0. The Balaban J connectivity index is 1.85. The molecule has 3 heteroatoms. The van der Waals surface area contributed by atoms with Crippen LogP contribution < -0.4 is 5.73 Å². The highest BCUT2D eigenvalue weighted by atomic mass is 16.5. The standard InChI is InChI=1S/C13H26N2O/c1-10-7-8-15(9-13(10)16-2)12-5-3-11(14)4-6-12/h10-13H,3-9,14H2,1-2H3. The Bertz CT molecular complexity index is 214. The van der Waals surface area contributed by atoms with Crippen LogP contribution in [0.3, 0.4) is 0 Å². The van der Waals surface area contributed by atoms with Crippen LogP contribution in [0.15, 0.2) is 0 Å². The van der Waals surface area contributed by atoms with Crippen LogP contribution in [0, 0.1) is 5.92 Å². The highest BCUT2D eigenvalue weighted by Gasteiger charge is 2.31. The van der Waals surface area contributed by atoms with E-state index in [0.717, 1.165) is 12.6 Å². The van der Waals surface area contributed by atoms with Crippen LogP contribution in [0.5, 0.6) is 0 Å². The summed E-state index contributed by atoms with van der Waals surface area (Å²) < 4.78 is 5.58. The largest absolute Gasteiger partial charge is 0.380 e. The van der Waals surface area contributed by atoms with Crippen LogP contribution in [0.4, 0.5) is 0 Å². The Morgan fingerprint density at radius 2 is 1.81 bits per heavy atom. The molecule has 16 heavy (non-hydrogen) atoms. The van der Waals surface area contributed by atoms with Gasteiger partial charge in [-0.3, -0.25) is 4.90 Å². The van der Waals surface area contributed by atoms with Crippen molar-refractivity contribution >= 4 is 0 Å². The molecule has 2 rings (SSSR count). The fourth-order valence-corrected chi connectivity index (χ4v) is 3.16. The summed E-state index contributed by atoms with van der Waals surface area (Å²) in [6, 6.07) is 1.23. The first-order chi connectivity index (χ1) is 7.70. The number of hydrogen-bond acceptors (Lipinski definition) is 3. The quantitative estimate of drug-likeness (QED) is 0.777. The zero-order valence-corrected chi connectivity index (χ0v) is 10.7. The van der Waals surface area contributed by atoms with Crippen molar-refractivity contribution < 1.29 is 4.74 Å². The maximum absolute atomic E-state index is 5.96. The van der Waals surface area contributed by atoms with E-state index in [1.165, 1.54) is 38.6 Å². The molecule has 1 saturated heterocycles. The predicted molar refractivity (Wildman–Crippen MR) is 66.4 cm³/mol. The molecule has 3 nitrogen and oxygen atoms in total. The summed E-state index contributed by atoms with van der Waals surface area (Å²) in [5.74, 6) is 0.715. The highest BCUT2D eigenvalue weighted by molar-refractivity contribution is 4.86. The highest BCUT2D eigenvalue weighted by Crippen LogP contribution is 2.27. The molecule has 2 aliphatic rings. The molecule has 94 valence electrons. The number of likely N-dealkylation sites (tertiary alicyclic amines) is 1. The summed E-state index contributed by atoms with van der Waals surface area (Å²) in [6.45, 7) is 4.68. The normalized spacial score (nSPS) is 42.2. The molecule has 0 bridgehead atoms. The predicted octanol–water partition coefficient (Wildman–Crippen LogP) is 1.61. The second-order valence-electron chi connectivity index (χ2n) is 5.60. The lowest BCUT2D eigenvalue weighted by atomic mass is 9.87. The first-order valence-electron chi connectivity index (χ1n) is 6.73. The smallest absolute Gasteiger partial charge is 0.0724 e. The molecule has 0 spiro atoms. The molecule has 2 N–H and O–H groups in total. The van der Waals surface area contributed by atoms with Crippen LogP contribution in [-0.4, -0.2) is 43.3 Å². The van der Waals surface area contributed by atoms with Gasteiger partial charge in [0.1, 0.15) is 0 Å². The third-order valence-electron chi connectivity index (χ3n) is 4.48. The fraction of sp³-hybridized carbons (Fsp3) is 1.00. The van der Waals surface area contributed by atoms with E-state index in [4.69, 9.17) is 10.5 Å². The van der Waals surface area contributed by atoms with E-state index in [2.05, 4.69) is 11.8 Å². The number of nitrogens with zero attached hydrogens (tertiary/aromatic N) is 1. The van der Waals surface area contributed by atoms with Gasteiger partial charge in [0.2, 0.25) is 0 Å². The Morgan fingerprint density at radius 3 is 2.44 bits per heavy atom. The van der Waals surface area contributed by atoms with Gasteiger partial charge in [-0.05, 0) is 44.6 Å². The van der Waals surface area contributed by atoms with E-state index in [1.807, 2.05) is 7.11 Å². The summed E-state index contributed by atoms with van der Waals surface area (Å²) in [6.07, 6.45) is 6.69. The van der Waals surface area contributed by atoms with Gasteiger partial charge >= 0.3 is 0 Å². The minimum atomic E-state index is 0.435. The number of piperidine rings is 1. The van der Waals surface area contributed by atoms with Crippen molar-refractivity contribution in [2.45, 2.75) is 57.2 Å². The van der Waals surface area contributed by atoms with Gasteiger partial charge < -0.3 is 10.5 Å². The fourth-order valence-electron chi connectivity index (χ4n) is 3.16. The van der Waals surface area contributed by atoms with Crippen LogP contribution in [-0.2, 0) is 4.74 Å². The maximum Gasteiger partial charge on any atom is 0.0724 e. The lowest BCUT2D eigenvalue weighted by Crippen LogP contribution is -2.50. The van der Waals surface area contributed by atoms with E-state index < -0.39 is 0 Å². The van der Waals surface area contributed by atoms with Crippen molar-refractivity contribution in [1.29, 1.82) is 0 Å². The minimum Gasteiger partial charge on any atom is -0.380 e. The van der Waals surface area contributed by atoms with Gasteiger partial charge in [-0.2, -0.15) is 0 Å². The van der Waals surface area contributed by atoms with Crippen molar-refractivity contribution in [1.82, 2.24) is 4.90 Å². The van der Waals surface area contributed by atoms with Crippen molar-refractivity contribution in [2.24, 2.45) is 11.7 Å². The molecule has 1 aliphatic carbocycles. The second-order valence-corrected chi connectivity index (χ2v) is 5.60. The molecule has 1 heterocycles. The minimum absolute atomic E-state index is 0.435. The lowest BCUT2D eigenvalue weighted by molar-refractivity contribution is -0.0247. The van der Waals surface area contributed by atoms with Crippen LogP contribution in [0.2, 0.25) is 0 Å². The van der Waals surface area contributed by atoms with Gasteiger partial charge in [-0.1, -0.05) is 6.92 Å². The van der Waals surface area contributed by atoms with Gasteiger partial charge in [-0.15, -0.1) is 0 Å². The number of ether oxygens (including phenoxy) is 1. The van der Waals surface area contributed by atoms with Gasteiger partial charge in [-0.25, -0.2) is 0 Å².